The molecule has 1 fully saturated rings. The van der Waals surface area contributed by atoms with Crippen molar-refractivity contribution in [2.75, 3.05) is 7.05 Å². The van der Waals surface area contributed by atoms with Crippen molar-refractivity contribution in [2.24, 2.45) is 5.41 Å². The van der Waals surface area contributed by atoms with E-state index in [1.165, 1.54) is 17.7 Å². The molecule has 0 saturated heterocycles. The molecule has 2 rings (SSSR count). The van der Waals surface area contributed by atoms with E-state index in [4.69, 9.17) is 11.6 Å². The molecule has 0 aliphatic heterocycles. The van der Waals surface area contributed by atoms with Crippen LogP contribution in [0.1, 0.15) is 30.7 Å². The minimum atomic E-state index is 0.447. The van der Waals surface area contributed by atoms with Crippen LogP contribution >= 0.6 is 38.9 Å². The smallest absolute Gasteiger partial charge is 0.107 e. The highest BCUT2D eigenvalue weighted by atomic mass is 79.9. The molecule has 1 N–H and O–H groups in total. The molecule has 1 atom stereocenters. The lowest BCUT2D eigenvalue weighted by Crippen LogP contribution is -2.23. The maximum absolute atomic E-state index is 6.04. The molecule has 1 saturated carbocycles. The van der Waals surface area contributed by atoms with Crippen LogP contribution in [0.25, 0.3) is 0 Å². The SMILES string of the molecule is CNC(c1cc(Br)c(Cl)s1)C1(C)CC1. The third kappa shape index (κ3) is 1.87. The quantitative estimate of drug-likeness (QED) is 0.880. The lowest BCUT2D eigenvalue weighted by Gasteiger charge is -2.21. The summed E-state index contributed by atoms with van der Waals surface area (Å²) >= 11 is 11.2. The Balaban J connectivity index is 2.27. The van der Waals surface area contributed by atoms with E-state index in [9.17, 15) is 0 Å². The first-order valence-corrected chi connectivity index (χ1v) is 6.67. The van der Waals surface area contributed by atoms with Gasteiger partial charge in [-0.25, -0.2) is 0 Å². The number of hydrogen-bond donors (Lipinski definition) is 1. The van der Waals surface area contributed by atoms with Crippen LogP contribution in [0.3, 0.4) is 0 Å². The molecule has 0 amide bonds. The lowest BCUT2D eigenvalue weighted by molar-refractivity contribution is 0.396. The summed E-state index contributed by atoms with van der Waals surface area (Å²) in [6.07, 6.45) is 2.62. The second-order valence-corrected chi connectivity index (χ2v) is 6.69. The van der Waals surface area contributed by atoms with E-state index in [0.29, 0.717) is 11.5 Å². The molecule has 1 aromatic heterocycles. The summed E-state index contributed by atoms with van der Waals surface area (Å²) in [6, 6.07) is 2.59. The average molecular weight is 295 g/mol. The van der Waals surface area contributed by atoms with Gasteiger partial charge in [0.2, 0.25) is 0 Å². The van der Waals surface area contributed by atoms with Gasteiger partial charge in [-0.05, 0) is 47.3 Å². The van der Waals surface area contributed by atoms with Crippen LogP contribution in [-0.4, -0.2) is 7.05 Å². The normalized spacial score (nSPS) is 20.9. The molecule has 78 valence electrons. The molecule has 1 aliphatic carbocycles. The predicted octanol–water partition coefficient (Wildman–Crippen LogP) is 4.22. The van der Waals surface area contributed by atoms with Crippen molar-refractivity contribution in [3.8, 4) is 0 Å². The fraction of sp³-hybridized carbons (Fsp3) is 0.600. The lowest BCUT2D eigenvalue weighted by atomic mass is 9.98. The topological polar surface area (TPSA) is 12.0 Å². The summed E-state index contributed by atoms with van der Waals surface area (Å²) in [6.45, 7) is 2.33. The Labute approximate surface area is 102 Å². The van der Waals surface area contributed by atoms with Gasteiger partial charge >= 0.3 is 0 Å². The molecular weight excluding hydrogens is 282 g/mol. The Morgan fingerprint density at radius 3 is 2.64 bits per heavy atom. The predicted molar refractivity (Wildman–Crippen MR) is 66.2 cm³/mol. The first kappa shape index (κ1) is 10.9. The maximum Gasteiger partial charge on any atom is 0.107 e. The van der Waals surface area contributed by atoms with E-state index < -0.39 is 0 Å². The van der Waals surface area contributed by atoms with Gasteiger partial charge in [-0.3, -0.25) is 0 Å². The minimum Gasteiger partial charge on any atom is -0.312 e. The van der Waals surface area contributed by atoms with Crippen molar-refractivity contribution >= 4 is 38.9 Å². The van der Waals surface area contributed by atoms with Crippen LogP contribution in [-0.2, 0) is 0 Å². The third-order valence-electron chi connectivity index (χ3n) is 2.97. The van der Waals surface area contributed by atoms with Crippen LogP contribution in [0.15, 0.2) is 10.5 Å². The molecule has 0 spiro atoms. The molecule has 0 radical (unpaired) electrons. The number of rotatable bonds is 3. The van der Waals surface area contributed by atoms with Gasteiger partial charge in [0.25, 0.3) is 0 Å². The summed E-state index contributed by atoms with van der Waals surface area (Å²) in [5.41, 5.74) is 0.447. The summed E-state index contributed by atoms with van der Waals surface area (Å²) in [5, 5.41) is 3.39. The third-order valence-corrected chi connectivity index (χ3v) is 5.51. The molecule has 14 heavy (non-hydrogen) atoms. The highest BCUT2D eigenvalue weighted by molar-refractivity contribution is 9.10. The molecular formula is C10H13BrClNS. The van der Waals surface area contributed by atoms with Crippen molar-refractivity contribution in [1.29, 1.82) is 0 Å². The minimum absolute atomic E-state index is 0.447. The number of halogens is 2. The molecule has 1 heterocycles. The zero-order valence-corrected chi connectivity index (χ0v) is 11.4. The second kappa shape index (κ2) is 3.78. The van der Waals surface area contributed by atoms with Gasteiger partial charge in [0.1, 0.15) is 4.34 Å². The number of nitrogens with one attached hydrogen (secondary N) is 1. The Bertz CT molecular complexity index is 326. The molecule has 1 aromatic rings. The number of hydrogen-bond acceptors (Lipinski definition) is 2. The maximum atomic E-state index is 6.04. The zero-order valence-electron chi connectivity index (χ0n) is 8.23. The van der Waals surface area contributed by atoms with E-state index in [0.717, 1.165) is 8.81 Å². The Kier molecular flexibility index (Phi) is 2.95. The summed E-state index contributed by atoms with van der Waals surface area (Å²) in [4.78, 5) is 1.34. The van der Waals surface area contributed by atoms with Gasteiger partial charge in [-0.2, -0.15) is 0 Å². The fourth-order valence-corrected chi connectivity index (χ4v) is 3.85. The largest absolute Gasteiger partial charge is 0.312 e. The van der Waals surface area contributed by atoms with E-state index >= 15 is 0 Å². The van der Waals surface area contributed by atoms with Gasteiger partial charge in [-0.15, -0.1) is 11.3 Å². The monoisotopic (exact) mass is 293 g/mol. The van der Waals surface area contributed by atoms with E-state index in [1.807, 2.05) is 7.05 Å². The van der Waals surface area contributed by atoms with Crippen LogP contribution in [0.5, 0.6) is 0 Å². The molecule has 0 bridgehead atoms. The first-order valence-electron chi connectivity index (χ1n) is 4.69. The van der Waals surface area contributed by atoms with Crippen LogP contribution < -0.4 is 5.32 Å². The second-order valence-electron chi connectivity index (χ2n) is 4.15. The zero-order chi connectivity index (χ0) is 10.3. The highest BCUT2D eigenvalue weighted by Crippen LogP contribution is 2.56. The Hall–Kier alpha value is 0.430. The van der Waals surface area contributed by atoms with Crippen LogP contribution in [0.2, 0.25) is 4.34 Å². The molecule has 4 heteroatoms. The number of thiophene rings is 1. The standard InChI is InChI=1S/C10H13BrClNS/c1-10(3-4-10)8(13-2)7-5-6(11)9(12)14-7/h5,8,13H,3-4H2,1-2H3. The molecule has 0 aromatic carbocycles. The van der Waals surface area contributed by atoms with Crippen molar-refractivity contribution in [2.45, 2.75) is 25.8 Å². The van der Waals surface area contributed by atoms with Crippen molar-refractivity contribution < 1.29 is 0 Å². The van der Waals surface area contributed by atoms with Crippen LogP contribution in [0.4, 0.5) is 0 Å². The van der Waals surface area contributed by atoms with E-state index in [1.54, 1.807) is 11.3 Å². The van der Waals surface area contributed by atoms with Crippen molar-refractivity contribution in [3.63, 3.8) is 0 Å². The molecule has 1 aliphatic rings. The fourth-order valence-electron chi connectivity index (χ4n) is 1.83. The Morgan fingerprint density at radius 2 is 2.29 bits per heavy atom. The summed E-state index contributed by atoms with van der Waals surface area (Å²) in [5.74, 6) is 0. The van der Waals surface area contributed by atoms with E-state index in [-0.39, 0.29) is 0 Å². The molecule has 1 unspecified atom stereocenters. The van der Waals surface area contributed by atoms with E-state index in [2.05, 4.69) is 34.2 Å². The first-order chi connectivity index (χ1) is 6.57. The molecule has 1 nitrogen and oxygen atoms in total. The van der Waals surface area contributed by atoms with Gasteiger partial charge in [0, 0.05) is 15.4 Å². The van der Waals surface area contributed by atoms with Crippen molar-refractivity contribution in [1.82, 2.24) is 5.32 Å². The van der Waals surface area contributed by atoms with Gasteiger partial charge in [0.15, 0.2) is 0 Å². The van der Waals surface area contributed by atoms with Crippen LogP contribution in [0, 0.1) is 5.41 Å². The average Bonchev–Trinajstić information content (AvgIpc) is 2.76. The van der Waals surface area contributed by atoms with Crippen molar-refractivity contribution in [3.05, 3.63) is 19.8 Å². The van der Waals surface area contributed by atoms with Gasteiger partial charge in [0.05, 0.1) is 0 Å². The summed E-state index contributed by atoms with van der Waals surface area (Å²) in [7, 11) is 2.02. The van der Waals surface area contributed by atoms with Gasteiger partial charge < -0.3 is 5.32 Å². The highest BCUT2D eigenvalue weighted by Gasteiger charge is 2.45. The van der Waals surface area contributed by atoms with Gasteiger partial charge in [-0.1, -0.05) is 18.5 Å². The summed E-state index contributed by atoms with van der Waals surface area (Å²) < 4.78 is 1.87. The Morgan fingerprint density at radius 1 is 1.64 bits per heavy atom.